The van der Waals surface area contributed by atoms with Crippen molar-refractivity contribution in [2.45, 2.75) is 6.42 Å². The summed E-state index contributed by atoms with van der Waals surface area (Å²) in [4.78, 5) is 31.0. The Morgan fingerprint density at radius 3 is 2.83 bits per heavy atom. The highest BCUT2D eigenvalue weighted by molar-refractivity contribution is 6.10. The Hall–Kier alpha value is -2.96. The third kappa shape index (κ3) is 2.61. The molecule has 0 saturated heterocycles. The van der Waals surface area contributed by atoms with E-state index >= 15 is 0 Å². The van der Waals surface area contributed by atoms with E-state index in [9.17, 15) is 14.9 Å². The Kier molecular flexibility index (Phi) is 3.69. The predicted octanol–water partition coefficient (Wildman–Crippen LogP) is 2.26. The molecule has 0 radical (unpaired) electrons. The van der Waals surface area contributed by atoms with Crippen LogP contribution in [-0.4, -0.2) is 36.5 Å². The van der Waals surface area contributed by atoms with Crippen LogP contribution in [0.2, 0.25) is 0 Å². The largest absolute Gasteiger partial charge is 0.362 e. The molecule has 1 amide bonds. The zero-order chi connectivity index (χ0) is 16.6. The maximum Gasteiger partial charge on any atom is 0.271 e. The van der Waals surface area contributed by atoms with E-state index in [0.717, 1.165) is 5.56 Å². The number of fused-ring (bicyclic) bond motifs is 1. The van der Waals surface area contributed by atoms with Gasteiger partial charge in [-0.15, -0.1) is 0 Å². The average Bonchev–Trinajstić information content (AvgIpc) is 2.97. The second-order valence-electron chi connectivity index (χ2n) is 5.55. The molecular weight excluding hydrogens is 296 g/mol. The van der Waals surface area contributed by atoms with Gasteiger partial charge in [-0.05, 0) is 24.1 Å². The number of hydrogen-bond donors (Lipinski definition) is 0. The molecule has 1 aromatic carbocycles. The lowest BCUT2D eigenvalue weighted by atomic mass is 10.1. The summed E-state index contributed by atoms with van der Waals surface area (Å²) in [5, 5.41) is 11.0. The second kappa shape index (κ2) is 5.68. The van der Waals surface area contributed by atoms with E-state index < -0.39 is 4.92 Å². The number of pyridine rings is 1. The van der Waals surface area contributed by atoms with Crippen LogP contribution >= 0.6 is 0 Å². The van der Waals surface area contributed by atoms with Gasteiger partial charge in [0.1, 0.15) is 5.82 Å². The zero-order valence-corrected chi connectivity index (χ0v) is 12.9. The van der Waals surface area contributed by atoms with Crippen molar-refractivity contribution in [1.29, 1.82) is 0 Å². The molecule has 23 heavy (non-hydrogen) atoms. The van der Waals surface area contributed by atoms with E-state index in [0.29, 0.717) is 30.0 Å². The van der Waals surface area contributed by atoms with Crippen molar-refractivity contribution in [3.05, 3.63) is 57.8 Å². The first-order valence-corrected chi connectivity index (χ1v) is 7.20. The van der Waals surface area contributed by atoms with Gasteiger partial charge in [0, 0.05) is 39.0 Å². The van der Waals surface area contributed by atoms with Gasteiger partial charge in [-0.2, -0.15) is 0 Å². The molecule has 118 valence electrons. The molecule has 1 aromatic heterocycles. The van der Waals surface area contributed by atoms with Gasteiger partial charge in [-0.3, -0.25) is 14.9 Å². The molecule has 1 aliphatic heterocycles. The molecule has 2 heterocycles. The van der Waals surface area contributed by atoms with Crippen LogP contribution in [-0.2, 0) is 6.42 Å². The summed E-state index contributed by atoms with van der Waals surface area (Å²) in [6, 6.07) is 8.09. The number of hydrogen-bond acceptors (Lipinski definition) is 5. The summed E-state index contributed by atoms with van der Waals surface area (Å²) in [7, 11) is 3.64. The molecule has 0 aliphatic carbocycles. The van der Waals surface area contributed by atoms with Crippen LogP contribution < -0.4 is 9.80 Å². The fourth-order valence-electron chi connectivity index (χ4n) is 2.76. The minimum absolute atomic E-state index is 0.0116. The SMILES string of the molecule is CN(C)c1ncccc1C(=O)N1CCc2ccc([N+](=O)[O-])cc21. The molecular formula is C16H16N4O3. The molecule has 2 aromatic rings. The molecule has 7 heteroatoms. The van der Waals surface area contributed by atoms with Crippen LogP contribution in [0.4, 0.5) is 17.2 Å². The van der Waals surface area contributed by atoms with Crippen LogP contribution in [0.3, 0.4) is 0 Å². The molecule has 0 fully saturated rings. The second-order valence-corrected chi connectivity index (χ2v) is 5.55. The number of rotatable bonds is 3. The number of carbonyl (C=O) groups is 1. The number of nitrogens with zero attached hydrogens (tertiary/aromatic N) is 4. The highest BCUT2D eigenvalue weighted by Crippen LogP contribution is 2.33. The van der Waals surface area contributed by atoms with E-state index in [1.165, 1.54) is 12.1 Å². The monoisotopic (exact) mass is 312 g/mol. The van der Waals surface area contributed by atoms with Crippen molar-refractivity contribution in [3.63, 3.8) is 0 Å². The number of benzene rings is 1. The van der Waals surface area contributed by atoms with E-state index in [1.807, 2.05) is 14.1 Å². The summed E-state index contributed by atoms with van der Waals surface area (Å²) < 4.78 is 0. The lowest BCUT2D eigenvalue weighted by Crippen LogP contribution is -2.30. The van der Waals surface area contributed by atoms with E-state index in [2.05, 4.69) is 4.98 Å². The number of nitro benzene ring substituents is 1. The molecule has 0 saturated carbocycles. The van der Waals surface area contributed by atoms with Crippen LogP contribution in [0.1, 0.15) is 15.9 Å². The zero-order valence-electron chi connectivity index (χ0n) is 12.9. The summed E-state index contributed by atoms with van der Waals surface area (Å²) in [5.74, 6) is 0.387. The Balaban J connectivity index is 2.01. The molecule has 0 atom stereocenters. The van der Waals surface area contributed by atoms with E-state index in [4.69, 9.17) is 0 Å². The van der Waals surface area contributed by atoms with Gasteiger partial charge in [0.25, 0.3) is 11.6 Å². The molecule has 7 nitrogen and oxygen atoms in total. The predicted molar refractivity (Wildman–Crippen MR) is 87.0 cm³/mol. The number of anilines is 2. The van der Waals surface area contributed by atoms with Crippen LogP contribution in [0.25, 0.3) is 0 Å². The van der Waals surface area contributed by atoms with Crippen molar-refractivity contribution >= 4 is 23.1 Å². The van der Waals surface area contributed by atoms with Gasteiger partial charge in [-0.1, -0.05) is 6.07 Å². The van der Waals surface area contributed by atoms with Gasteiger partial charge in [0.15, 0.2) is 0 Å². The summed E-state index contributed by atoms with van der Waals surface area (Å²) in [6.45, 7) is 0.511. The normalized spacial score (nSPS) is 12.9. The number of aromatic nitrogens is 1. The standard InChI is InChI=1S/C16H16N4O3/c1-18(2)15-13(4-3-8-17-15)16(21)19-9-7-11-5-6-12(20(22)23)10-14(11)19/h3-6,8,10H,7,9H2,1-2H3. The van der Waals surface area contributed by atoms with Crippen molar-refractivity contribution < 1.29 is 9.72 Å². The number of amides is 1. The molecule has 0 N–H and O–H groups in total. The van der Waals surface area contributed by atoms with Gasteiger partial charge in [0.2, 0.25) is 0 Å². The van der Waals surface area contributed by atoms with Crippen molar-refractivity contribution in [1.82, 2.24) is 4.98 Å². The van der Waals surface area contributed by atoms with Crippen LogP contribution in [0, 0.1) is 10.1 Å². The van der Waals surface area contributed by atoms with E-state index in [-0.39, 0.29) is 11.6 Å². The molecule has 0 spiro atoms. The molecule has 0 unspecified atom stereocenters. The number of nitro groups is 1. The van der Waals surface area contributed by atoms with Gasteiger partial charge in [0.05, 0.1) is 16.2 Å². The first-order chi connectivity index (χ1) is 11.0. The fourth-order valence-corrected chi connectivity index (χ4v) is 2.76. The quantitative estimate of drug-likeness (QED) is 0.641. The Morgan fingerprint density at radius 2 is 2.13 bits per heavy atom. The van der Waals surface area contributed by atoms with Gasteiger partial charge in [-0.25, -0.2) is 4.98 Å². The Morgan fingerprint density at radius 1 is 1.35 bits per heavy atom. The van der Waals surface area contributed by atoms with Crippen molar-refractivity contribution in [2.24, 2.45) is 0 Å². The van der Waals surface area contributed by atoms with Gasteiger partial charge < -0.3 is 9.80 Å². The lowest BCUT2D eigenvalue weighted by molar-refractivity contribution is -0.384. The lowest BCUT2D eigenvalue weighted by Gasteiger charge is -2.21. The first kappa shape index (κ1) is 15.0. The highest BCUT2D eigenvalue weighted by Gasteiger charge is 2.29. The third-order valence-electron chi connectivity index (χ3n) is 3.86. The van der Waals surface area contributed by atoms with Crippen LogP contribution in [0.15, 0.2) is 36.5 Å². The fraction of sp³-hybridized carbons (Fsp3) is 0.250. The van der Waals surface area contributed by atoms with Gasteiger partial charge >= 0.3 is 0 Å². The summed E-state index contributed by atoms with van der Waals surface area (Å²) >= 11 is 0. The summed E-state index contributed by atoms with van der Waals surface area (Å²) in [6.07, 6.45) is 2.32. The smallest absolute Gasteiger partial charge is 0.271 e. The maximum absolute atomic E-state index is 12.9. The minimum Gasteiger partial charge on any atom is -0.362 e. The molecule has 3 rings (SSSR count). The topological polar surface area (TPSA) is 79.6 Å². The third-order valence-corrected chi connectivity index (χ3v) is 3.86. The van der Waals surface area contributed by atoms with E-state index in [1.54, 1.807) is 34.2 Å². The van der Waals surface area contributed by atoms with Crippen LogP contribution in [0.5, 0.6) is 0 Å². The highest BCUT2D eigenvalue weighted by atomic mass is 16.6. The molecule has 1 aliphatic rings. The Bertz CT molecular complexity index is 789. The maximum atomic E-state index is 12.9. The summed E-state index contributed by atoms with van der Waals surface area (Å²) in [5.41, 5.74) is 2.02. The minimum atomic E-state index is -0.448. The average molecular weight is 312 g/mol. The first-order valence-electron chi connectivity index (χ1n) is 7.20. The Labute approximate surface area is 133 Å². The number of non-ortho nitro benzene ring substituents is 1. The molecule has 0 bridgehead atoms. The van der Waals surface area contributed by atoms with Crippen molar-refractivity contribution in [3.8, 4) is 0 Å². The van der Waals surface area contributed by atoms with Crippen molar-refractivity contribution in [2.75, 3.05) is 30.4 Å². The number of carbonyl (C=O) groups excluding carboxylic acids is 1.